The molecule has 1 heterocycles. The van der Waals surface area contributed by atoms with Crippen molar-refractivity contribution in [3.63, 3.8) is 0 Å². The van der Waals surface area contributed by atoms with E-state index >= 15 is 0 Å². The predicted molar refractivity (Wildman–Crippen MR) is 71.6 cm³/mol. The lowest BCUT2D eigenvalue weighted by molar-refractivity contribution is -0.116. The zero-order chi connectivity index (χ0) is 12.8. The summed E-state index contributed by atoms with van der Waals surface area (Å²) in [6.45, 7) is 1.07. The molecule has 1 unspecified atom stereocenters. The molecule has 0 spiro atoms. The van der Waals surface area contributed by atoms with Crippen LogP contribution in [0.5, 0.6) is 5.75 Å². The molecule has 1 atom stereocenters. The van der Waals surface area contributed by atoms with E-state index in [0.29, 0.717) is 18.2 Å². The molecule has 4 nitrogen and oxygen atoms in total. The van der Waals surface area contributed by atoms with Crippen LogP contribution < -0.4 is 10.6 Å². The molecule has 18 heavy (non-hydrogen) atoms. The molecule has 0 bridgehead atoms. The molecule has 1 saturated heterocycles. The monoisotopic (exact) mass is 248 g/mol. The fraction of sp³-hybridized carbons (Fsp3) is 0.500. The number of piperidine rings is 1. The summed E-state index contributed by atoms with van der Waals surface area (Å²) in [6, 6.07) is 7.11. The number of phenols is 1. The van der Waals surface area contributed by atoms with Crippen molar-refractivity contribution in [2.45, 2.75) is 38.1 Å². The van der Waals surface area contributed by atoms with Crippen molar-refractivity contribution < 1.29 is 9.90 Å². The Hall–Kier alpha value is -1.55. The van der Waals surface area contributed by atoms with E-state index in [0.717, 1.165) is 13.0 Å². The molecule has 1 fully saturated rings. The molecule has 3 N–H and O–H groups in total. The summed E-state index contributed by atoms with van der Waals surface area (Å²) in [5.74, 6) is 0.176. The van der Waals surface area contributed by atoms with Gasteiger partial charge in [-0.2, -0.15) is 0 Å². The van der Waals surface area contributed by atoms with Gasteiger partial charge in [-0.3, -0.25) is 4.79 Å². The number of amides is 1. The molecule has 1 aliphatic heterocycles. The van der Waals surface area contributed by atoms with Crippen LogP contribution in [0.1, 0.15) is 32.1 Å². The van der Waals surface area contributed by atoms with Gasteiger partial charge in [-0.15, -0.1) is 0 Å². The number of aromatic hydroxyl groups is 1. The zero-order valence-electron chi connectivity index (χ0n) is 10.5. The average molecular weight is 248 g/mol. The summed E-state index contributed by atoms with van der Waals surface area (Å²) < 4.78 is 0. The Morgan fingerprint density at radius 3 is 3.06 bits per heavy atom. The maximum Gasteiger partial charge on any atom is 0.224 e. The summed E-state index contributed by atoms with van der Waals surface area (Å²) in [7, 11) is 0. The third-order valence-electron chi connectivity index (χ3n) is 3.26. The normalized spacial score (nSPS) is 19.4. The van der Waals surface area contributed by atoms with Gasteiger partial charge in [0.2, 0.25) is 5.91 Å². The second-order valence-electron chi connectivity index (χ2n) is 4.78. The SMILES string of the molecule is O=C(CCC1CCCCN1)Nc1cccc(O)c1. The van der Waals surface area contributed by atoms with Gasteiger partial charge in [0.15, 0.2) is 0 Å². The van der Waals surface area contributed by atoms with E-state index in [9.17, 15) is 9.90 Å². The van der Waals surface area contributed by atoms with E-state index in [-0.39, 0.29) is 11.7 Å². The first-order chi connectivity index (χ1) is 8.74. The molecule has 4 heteroatoms. The number of rotatable bonds is 4. The molecule has 98 valence electrons. The number of anilines is 1. The van der Waals surface area contributed by atoms with Crippen LogP contribution in [0, 0.1) is 0 Å². The smallest absolute Gasteiger partial charge is 0.224 e. The van der Waals surface area contributed by atoms with Crippen LogP contribution in [-0.2, 0) is 4.79 Å². The van der Waals surface area contributed by atoms with Crippen molar-refractivity contribution >= 4 is 11.6 Å². The molecule has 0 aromatic heterocycles. The Morgan fingerprint density at radius 2 is 2.33 bits per heavy atom. The minimum Gasteiger partial charge on any atom is -0.508 e. The second-order valence-corrected chi connectivity index (χ2v) is 4.78. The lowest BCUT2D eigenvalue weighted by atomic mass is 10.0. The molecule has 1 aromatic carbocycles. The predicted octanol–water partition coefficient (Wildman–Crippen LogP) is 2.25. The van der Waals surface area contributed by atoms with Gasteiger partial charge >= 0.3 is 0 Å². The summed E-state index contributed by atoms with van der Waals surface area (Å²) in [5.41, 5.74) is 0.650. The van der Waals surface area contributed by atoms with Gasteiger partial charge in [0, 0.05) is 24.2 Å². The fourth-order valence-electron chi connectivity index (χ4n) is 2.28. The molecule has 1 amide bonds. The van der Waals surface area contributed by atoms with E-state index in [1.54, 1.807) is 24.3 Å². The number of benzene rings is 1. The number of carbonyl (C=O) groups excluding carboxylic acids is 1. The van der Waals surface area contributed by atoms with Gasteiger partial charge in [0.05, 0.1) is 0 Å². The Bertz CT molecular complexity index is 401. The number of nitrogens with one attached hydrogen (secondary N) is 2. The molecule has 2 rings (SSSR count). The van der Waals surface area contributed by atoms with Crippen LogP contribution in [-0.4, -0.2) is 23.6 Å². The van der Waals surface area contributed by atoms with Crippen LogP contribution in [0.25, 0.3) is 0 Å². The third kappa shape index (κ3) is 4.04. The van der Waals surface area contributed by atoms with E-state index in [2.05, 4.69) is 10.6 Å². The number of carbonyl (C=O) groups is 1. The lowest BCUT2D eigenvalue weighted by Crippen LogP contribution is -2.34. The van der Waals surface area contributed by atoms with Crippen LogP contribution in [0.15, 0.2) is 24.3 Å². The van der Waals surface area contributed by atoms with Crippen molar-refractivity contribution in [1.82, 2.24) is 5.32 Å². The van der Waals surface area contributed by atoms with Crippen molar-refractivity contribution in [3.05, 3.63) is 24.3 Å². The van der Waals surface area contributed by atoms with Gasteiger partial charge in [0.25, 0.3) is 0 Å². The Morgan fingerprint density at radius 1 is 1.44 bits per heavy atom. The van der Waals surface area contributed by atoms with Crippen LogP contribution in [0.3, 0.4) is 0 Å². The Balaban J connectivity index is 1.74. The number of hydrogen-bond donors (Lipinski definition) is 3. The highest BCUT2D eigenvalue weighted by Gasteiger charge is 2.13. The second kappa shape index (κ2) is 6.40. The minimum atomic E-state index is 0.00738. The molecule has 1 aromatic rings. The standard InChI is InChI=1S/C14H20N2O2/c17-13-6-3-5-12(10-13)16-14(18)8-7-11-4-1-2-9-15-11/h3,5-6,10-11,15,17H,1-2,4,7-9H2,(H,16,18). The first-order valence-corrected chi connectivity index (χ1v) is 6.56. The van der Waals surface area contributed by atoms with Crippen molar-refractivity contribution in [1.29, 1.82) is 0 Å². The molecule has 0 aliphatic carbocycles. The summed E-state index contributed by atoms with van der Waals surface area (Å²) >= 11 is 0. The maximum atomic E-state index is 11.7. The van der Waals surface area contributed by atoms with Gasteiger partial charge < -0.3 is 15.7 Å². The first kappa shape index (κ1) is 12.9. The highest BCUT2D eigenvalue weighted by molar-refractivity contribution is 5.90. The van der Waals surface area contributed by atoms with E-state index in [1.165, 1.54) is 19.3 Å². The topological polar surface area (TPSA) is 61.4 Å². The van der Waals surface area contributed by atoms with E-state index in [4.69, 9.17) is 0 Å². The summed E-state index contributed by atoms with van der Waals surface area (Å²) in [6.07, 6.45) is 5.06. The minimum absolute atomic E-state index is 0.00738. The Kier molecular flexibility index (Phi) is 4.59. The maximum absolute atomic E-state index is 11.7. The first-order valence-electron chi connectivity index (χ1n) is 6.56. The molecular weight excluding hydrogens is 228 g/mol. The van der Waals surface area contributed by atoms with Gasteiger partial charge in [-0.25, -0.2) is 0 Å². The van der Waals surface area contributed by atoms with Crippen LogP contribution in [0.2, 0.25) is 0 Å². The van der Waals surface area contributed by atoms with E-state index < -0.39 is 0 Å². The van der Waals surface area contributed by atoms with Gasteiger partial charge in [-0.1, -0.05) is 12.5 Å². The van der Waals surface area contributed by atoms with Gasteiger partial charge in [-0.05, 0) is 37.9 Å². The summed E-state index contributed by atoms with van der Waals surface area (Å²) in [4.78, 5) is 11.7. The van der Waals surface area contributed by atoms with Crippen molar-refractivity contribution in [2.24, 2.45) is 0 Å². The van der Waals surface area contributed by atoms with Crippen LogP contribution in [0.4, 0.5) is 5.69 Å². The highest BCUT2D eigenvalue weighted by Crippen LogP contribution is 2.16. The molecule has 0 radical (unpaired) electrons. The number of phenolic OH excluding ortho intramolecular Hbond substituents is 1. The largest absolute Gasteiger partial charge is 0.508 e. The average Bonchev–Trinajstić information content (AvgIpc) is 2.38. The Labute approximate surface area is 107 Å². The number of hydrogen-bond acceptors (Lipinski definition) is 3. The van der Waals surface area contributed by atoms with E-state index in [1.807, 2.05) is 0 Å². The quantitative estimate of drug-likeness (QED) is 0.766. The van der Waals surface area contributed by atoms with Gasteiger partial charge in [0.1, 0.15) is 5.75 Å². The molecule has 1 aliphatic rings. The van der Waals surface area contributed by atoms with Crippen LogP contribution >= 0.6 is 0 Å². The zero-order valence-corrected chi connectivity index (χ0v) is 10.5. The fourth-order valence-corrected chi connectivity index (χ4v) is 2.28. The van der Waals surface area contributed by atoms with Crippen molar-refractivity contribution in [2.75, 3.05) is 11.9 Å². The third-order valence-corrected chi connectivity index (χ3v) is 3.26. The lowest BCUT2D eigenvalue weighted by Gasteiger charge is -2.23. The highest BCUT2D eigenvalue weighted by atomic mass is 16.3. The summed E-state index contributed by atoms with van der Waals surface area (Å²) in [5, 5.41) is 15.5. The van der Waals surface area contributed by atoms with Crippen molar-refractivity contribution in [3.8, 4) is 5.75 Å². The molecular formula is C14H20N2O2. The molecule has 0 saturated carbocycles.